The van der Waals surface area contributed by atoms with Crippen LogP contribution in [0.2, 0.25) is 0 Å². The second-order valence-corrected chi connectivity index (χ2v) is 7.19. The minimum absolute atomic E-state index is 0.244. The molecule has 0 saturated carbocycles. The lowest BCUT2D eigenvalue weighted by Gasteiger charge is -2.09. The van der Waals surface area contributed by atoms with Gasteiger partial charge in [0.1, 0.15) is 0 Å². The normalized spacial score (nSPS) is 12.0. The molecule has 0 spiro atoms. The van der Waals surface area contributed by atoms with Crippen molar-refractivity contribution in [2.24, 2.45) is 7.05 Å². The molecule has 5 nitrogen and oxygen atoms in total. The van der Waals surface area contributed by atoms with Crippen LogP contribution in [0, 0.1) is 6.92 Å². The Hall–Kier alpha value is -1.66. The number of sulfonamides is 1. The zero-order valence-corrected chi connectivity index (χ0v) is 13.6. The van der Waals surface area contributed by atoms with Crippen LogP contribution in [0.5, 0.6) is 0 Å². The molecule has 114 valence electrons. The molecule has 0 aliphatic rings. The summed E-state index contributed by atoms with van der Waals surface area (Å²) in [4.78, 5) is 0.286. The van der Waals surface area contributed by atoms with Crippen molar-refractivity contribution in [2.75, 3.05) is 0 Å². The summed E-state index contributed by atoms with van der Waals surface area (Å²) in [7, 11) is -1.66. The highest BCUT2D eigenvalue weighted by Gasteiger charge is 2.15. The van der Waals surface area contributed by atoms with Crippen molar-refractivity contribution < 1.29 is 8.42 Å². The van der Waals surface area contributed by atoms with Crippen LogP contribution in [0.1, 0.15) is 36.6 Å². The van der Waals surface area contributed by atoms with Gasteiger partial charge in [-0.1, -0.05) is 26.0 Å². The standard InChI is InChI=1S/C15H21N3O2S/c1-11(2)13-5-7-15(8-6-13)21(19,20)17-10-14-9-16-18(4)12(14)3/h5-9,11,17H,10H2,1-4H3. The van der Waals surface area contributed by atoms with Gasteiger partial charge >= 0.3 is 0 Å². The first-order valence-electron chi connectivity index (χ1n) is 6.88. The number of aryl methyl sites for hydroxylation is 1. The molecule has 2 aromatic rings. The first-order valence-corrected chi connectivity index (χ1v) is 8.36. The SMILES string of the molecule is Cc1c(CNS(=O)(=O)c2ccc(C(C)C)cc2)cnn1C. The van der Waals surface area contributed by atoms with Gasteiger partial charge in [0.25, 0.3) is 0 Å². The van der Waals surface area contributed by atoms with Crippen molar-refractivity contribution in [3.05, 3.63) is 47.3 Å². The van der Waals surface area contributed by atoms with Crippen molar-refractivity contribution >= 4 is 10.0 Å². The van der Waals surface area contributed by atoms with E-state index in [9.17, 15) is 8.42 Å². The molecule has 0 aliphatic carbocycles. The molecule has 0 radical (unpaired) electrons. The van der Waals surface area contributed by atoms with E-state index in [2.05, 4.69) is 23.7 Å². The zero-order chi connectivity index (χ0) is 15.6. The van der Waals surface area contributed by atoms with Gasteiger partial charge in [-0.3, -0.25) is 4.68 Å². The monoisotopic (exact) mass is 307 g/mol. The third-order valence-corrected chi connectivity index (χ3v) is 5.06. The molecule has 6 heteroatoms. The number of rotatable bonds is 5. The van der Waals surface area contributed by atoms with Gasteiger partial charge in [0.2, 0.25) is 10.0 Å². The van der Waals surface area contributed by atoms with Crippen molar-refractivity contribution in [2.45, 2.75) is 38.1 Å². The number of hydrogen-bond donors (Lipinski definition) is 1. The Labute approximate surface area is 126 Å². The van der Waals surface area contributed by atoms with Crippen LogP contribution >= 0.6 is 0 Å². The van der Waals surface area contributed by atoms with E-state index >= 15 is 0 Å². The van der Waals surface area contributed by atoms with Gasteiger partial charge in [0, 0.05) is 24.8 Å². The number of hydrogen-bond acceptors (Lipinski definition) is 3. The highest BCUT2D eigenvalue weighted by Crippen LogP contribution is 2.17. The summed E-state index contributed by atoms with van der Waals surface area (Å²) in [6, 6.07) is 7.00. The smallest absolute Gasteiger partial charge is 0.240 e. The topological polar surface area (TPSA) is 64.0 Å². The quantitative estimate of drug-likeness (QED) is 0.922. The summed E-state index contributed by atoms with van der Waals surface area (Å²) in [5.41, 5.74) is 2.95. The lowest BCUT2D eigenvalue weighted by molar-refractivity contribution is 0.581. The minimum atomic E-state index is -3.50. The van der Waals surface area contributed by atoms with Gasteiger partial charge in [-0.2, -0.15) is 5.10 Å². The fourth-order valence-electron chi connectivity index (χ4n) is 2.01. The van der Waals surface area contributed by atoms with Crippen molar-refractivity contribution in [3.8, 4) is 0 Å². The molecule has 0 amide bonds. The molecule has 21 heavy (non-hydrogen) atoms. The van der Waals surface area contributed by atoms with Gasteiger partial charge < -0.3 is 0 Å². The molecule has 0 unspecified atom stereocenters. The molecular weight excluding hydrogens is 286 g/mol. The zero-order valence-electron chi connectivity index (χ0n) is 12.8. The summed E-state index contributed by atoms with van der Waals surface area (Å²) in [5, 5.41) is 4.10. The Morgan fingerprint density at radius 3 is 2.33 bits per heavy atom. The molecule has 1 aromatic carbocycles. The predicted octanol–water partition coefficient (Wildman–Crippen LogP) is 2.33. The Kier molecular flexibility index (Phi) is 4.49. The van der Waals surface area contributed by atoms with E-state index in [4.69, 9.17) is 0 Å². The number of aromatic nitrogens is 2. The van der Waals surface area contributed by atoms with E-state index in [1.807, 2.05) is 26.1 Å². The first kappa shape index (κ1) is 15.7. The summed E-state index contributed by atoms with van der Waals surface area (Å²) >= 11 is 0. The largest absolute Gasteiger partial charge is 0.273 e. The maximum atomic E-state index is 12.3. The van der Waals surface area contributed by atoms with Crippen molar-refractivity contribution in [3.63, 3.8) is 0 Å². The van der Waals surface area contributed by atoms with Gasteiger partial charge in [-0.15, -0.1) is 0 Å². The van der Waals surface area contributed by atoms with E-state index in [0.717, 1.165) is 16.8 Å². The van der Waals surface area contributed by atoms with Crippen LogP contribution in [0.15, 0.2) is 35.4 Å². The third-order valence-electron chi connectivity index (χ3n) is 3.65. The van der Waals surface area contributed by atoms with Gasteiger partial charge in [-0.25, -0.2) is 13.1 Å². The molecule has 0 bridgehead atoms. The summed E-state index contributed by atoms with van der Waals surface area (Å²) < 4.78 is 28.9. The summed E-state index contributed by atoms with van der Waals surface area (Å²) in [5.74, 6) is 0.382. The third kappa shape index (κ3) is 3.51. The van der Waals surface area contributed by atoms with Gasteiger partial charge in [0.05, 0.1) is 11.1 Å². The predicted molar refractivity (Wildman–Crippen MR) is 82.5 cm³/mol. The molecule has 1 aromatic heterocycles. The molecule has 0 aliphatic heterocycles. The van der Waals surface area contributed by atoms with Crippen LogP contribution in [0.4, 0.5) is 0 Å². The first-order chi connectivity index (χ1) is 9.81. The van der Waals surface area contributed by atoms with Crippen LogP contribution in [-0.4, -0.2) is 18.2 Å². The maximum absolute atomic E-state index is 12.3. The summed E-state index contributed by atoms with van der Waals surface area (Å²) in [6.45, 7) is 6.31. The average Bonchev–Trinajstić information content (AvgIpc) is 2.77. The Morgan fingerprint density at radius 1 is 1.24 bits per heavy atom. The van der Waals surface area contributed by atoms with Crippen LogP contribution in [0.25, 0.3) is 0 Å². The fraction of sp³-hybridized carbons (Fsp3) is 0.400. The fourth-order valence-corrected chi connectivity index (χ4v) is 3.01. The number of nitrogens with one attached hydrogen (secondary N) is 1. The Bertz CT molecular complexity index is 716. The maximum Gasteiger partial charge on any atom is 0.240 e. The van der Waals surface area contributed by atoms with E-state index in [-0.39, 0.29) is 11.4 Å². The van der Waals surface area contributed by atoms with E-state index < -0.39 is 10.0 Å². The van der Waals surface area contributed by atoms with E-state index in [0.29, 0.717) is 5.92 Å². The lowest BCUT2D eigenvalue weighted by atomic mass is 10.0. The van der Waals surface area contributed by atoms with Crippen molar-refractivity contribution in [1.29, 1.82) is 0 Å². The molecule has 1 N–H and O–H groups in total. The van der Waals surface area contributed by atoms with Gasteiger partial charge in [0.15, 0.2) is 0 Å². The molecule has 0 fully saturated rings. The highest BCUT2D eigenvalue weighted by molar-refractivity contribution is 7.89. The molecule has 0 saturated heterocycles. The van der Waals surface area contributed by atoms with E-state index in [1.54, 1.807) is 23.0 Å². The molecular formula is C15H21N3O2S. The lowest BCUT2D eigenvalue weighted by Crippen LogP contribution is -2.23. The van der Waals surface area contributed by atoms with E-state index in [1.165, 1.54) is 0 Å². The summed E-state index contributed by atoms with van der Waals surface area (Å²) in [6.07, 6.45) is 1.68. The van der Waals surface area contributed by atoms with Crippen LogP contribution in [0.3, 0.4) is 0 Å². The number of nitrogens with zero attached hydrogens (tertiary/aromatic N) is 2. The minimum Gasteiger partial charge on any atom is -0.273 e. The highest BCUT2D eigenvalue weighted by atomic mass is 32.2. The van der Waals surface area contributed by atoms with Crippen molar-refractivity contribution in [1.82, 2.24) is 14.5 Å². The number of benzene rings is 1. The molecule has 0 atom stereocenters. The molecule has 2 rings (SSSR count). The van der Waals surface area contributed by atoms with Crippen LogP contribution in [-0.2, 0) is 23.6 Å². The Balaban J connectivity index is 2.13. The Morgan fingerprint density at radius 2 is 1.86 bits per heavy atom. The second kappa shape index (κ2) is 5.99. The van der Waals surface area contributed by atoms with Gasteiger partial charge in [-0.05, 0) is 30.5 Å². The average molecular weight is 307 g/mol. The van der Waals surface area contributed by atoms with Crippen LogP contribution < -0.4 is 4.72 Å². The second-order valence-electron chi connectivity index (χ2n) is 5.43. The molecule has 1 heterocycles.